The molecule has 0 aliphatic carbocycles. The molecule has 2 N–H and O–H groups in total. The molecule has 0 saturated carbocycles. The number of amides is 3. The van der Waals surface area contributed by atoms with E-state index in [1.807, 2.05) is 50.2 Å². The van der Waals surface area contributed by atoms with E-state index < -0.39 is 0 Å². The predicted octanol–water partition coefficient (Wildman–Crippen LogP) is 5.27. The molecular weight excluding hydrogens is 386 g/mol. The van der Waals surface area contributed by atoms with E-state index in [4.69, 9.17) is 0 Å². The Morgan fingerprint density at radius 3 is 2.61 bits per heavy atom. The molecule has 1 heterocycles. The molecule has 0 bridgehead atoms. The average Bonchev–Trinajstić information content (AvgIpc) is 2.78. The van der Waals surface area contributed by atoms with Crippen LogP contribution in [0.1, 0.15) is 36.9 Å². The smallest absolute Gasteiger partial charge is 0.321 e. The topological polar surface area (TPSA) is 61.4 Å². The molecule has 1 saturated heterocycles. The lowest BCUT2D eigenvalue weighted by Gasteiger charge is -2.32. The quantitative estimate of drug-likeness (QED) is 0.610. The van der Waals surface area contributed by atoms with Crippen molar-refractivity contribution in [2.75, 3.05) is 18.4 Å². The van der Waals surface area contributed by atoms with Gasteiger partial charge in [0.25, 0.3) is 0 Å². The first-order chi connectivity index (χ1) is 15.0. The fraction of sp³-hybridized carbons (Fsp3) is 0.308. The van der Waals surface area contributed by atoms with Gasteiger partial charge in [-0.05, 0) is 66.8 Å². The molecule has 1 aliphatic heterocycles. The number of rotatable bonds is 4. The number of hydrogen-bond donors (Lipinski definition) is 2. The first-order valence-corrected chi connectivity index (χ1v) is 10.9. The lowest BCUT2D eigenvalue weighted by atomic mass is 9.96. The van der Waals surface area contributed by atoms with Crippen LogP contribution in [-0.4, -0.2) is 29.9 Å². The summed E-state index contributed by atoms with van der Waals surface area (Å²) in [6, 6.07) is 22.0. The number of benzene rings is 3. The van der Waals surface area contributed by atoms with Crippen molar-refractivity contribution in [2.24, 2.45) is 5.92 Å². The first-order valence-electron chi connectivity index (χ1n) is 10.9. The maximum absolute atomic E-state index is 12.9. The van der Waals surface area contributed by atoms with Gasteiger partial charge in [-0.15, -0.1) is 0 Å². The number of fused-ring (bicyclic) bond motifs is 1. The van der Waals surface area contributed by atoms with Gasteiger partial charge in [0, 0.05) is 18.8 Å². The highest BCUT2D eigenvalue weighted by atomic mass is 16.2. The minimum absolute atomic E-state index is 0.00807. The molecule has 1 fully saturated rings. The summed E-state index contributed by atoms with van der Waals surface area (Å²) >= 11 is 0. The third-order valence-electron chi connectivity index (χ3n) is 5.98. The van der Waals surface area contributed by atoms with Crippen molar-refractivity contribution in [3.05, 3.63) is 77.9 Å². The van der Waals surface area contributed by atoms with Gasteiger partial charge in [0.2, 0.25) is 5.91 Å². The van der Waals surface area contributed by atoms with Crippen LogP contribution in [0.2, 0.25) is 0 Å². The Balaban J connectivity index is 1.37. The zero-order valence-electron chi connectivity index (χ0n) is 18.1. The Kier molecular flexibility index (Phi) is 6.21. The molecule has 3 aromatic carbocycles. The third kappa shape index (κ3) is 5.05. The number of urea groups is 1. The predicted molar refractivity (Wildman–Crippen MR) is 125 cm³/mol. The van der Waals surface area contributed by atoms with Crippen LogP contribution in [0, 0.1) is 12.8 Å². The zero-order chi connectivity index (χ0) is 21.8. The Hall–Kier alpha value is -3.34. The SMILES string of the molecule is Cc1cccc(NC(=O)N2CCC[C@@H](C(=O)N[C@H](C)c3ccc4ccccc4c3)C2)c1. The highest BCUT2D eigenvalue weighted by molar-refractivity contribution is 5.90. The van der Waals surface area contributed by atoms with E-state index in [0.29, 0.717) is 13.1 Å². The summed E-state index contributed by atoms with van der Waals surface area (Å²) in [6.07, 6.45) is 1.62. The van der Waals surface area contributed by atoms with Crippen molar-refractivity contribution in [3.8, 4) is 0 Å². The average molecular weight is 416 g/mol. The van der Waals surface area contributed by atoms with E-state index in [1.165, 1.54) is 5.39 Å². The minimum Gasteiger partial charge on any atom is -0.349 e. The van der Waals surface area contributed by atoms with Crippen LogP contribution in [0.25, 0.3) is 10.8 Å². The molecular formula is C26H29N3O2. The number of piperidine rings is 1. The summed E-state index contributed by atoms with van der Waals surface area (Å²) in [5.74, 6) is -0.186. The summed E-state index contributed by atoms with van der Waals surface area (Å²) in [4.78, 5) is 27.4. The van der Waals surface area contributed by atoms with Crippen molar-refractivity contribution >= 4 is 28.4 Å². The second kappa shape index (κ2) is 9.21. The normalized spacial score (nSPS) is 17.2. The van der Waals surface area contributed by atoms with Crippen LogP contribution in [0.3, 0.4) is 0 Å². The van der Waals surface area contributed by atoms with Gasteiger partial charge < -0.3 is 15.5 Å². The number of nitrogens with zero attached hydrogens (tertiary/aromatic N) is 1. The van der Waals surface area contributed by atoms with Gasteiger partial charge in [0.1, 0.15) is 0 Å². The van der Waals surface area contributed by atoms with Crippen molar-refractivity contribution in [2.45, 2.75) is 32.7 Å². The molecule has 0 aromatic heterocycles. The minimum atomic E-state index is -0.195. The molecule has 0 radical (unpaired) electrons. The lowest BCUT2D eigenvalue weighted by Crippen LogP contribution is -2.47. The van der Waals surface area contributed by atoms with Gasteiger partial charge in [-0.25, -0.2) is 4.79 Å². The van der Waals surface area contributed by atoms with Gasteiger partial charge in [0.05, 0.1) is 12.0 Å². The second-order valence-electron chi connectivity index (χ2n) is 8.42. The molecule has 5 nitrogen and oxygen atoms in total. The van der Waals surface area contributed by atoms with Crippen LogP contribution in [0.5, 0.6) is 0 Å². The number of hydrogen-bond acceptors (Lipinski definition) is 2. The highest BCUT2D eigenvalue weighted by Crippen LogP contribution is 2.23. The summed E-state index contributed by atoms with van der Waals surface area (Å²) in [5, 5.41) is 8.45. The first kappa shape index (κ1) is 20.9. The van der Waals surface area contributed by atoms with Crippen LogP contribution in [0.15, 0.2) is 66.7 Å². The third-order valence-corrected chi connectivity index (χ3v) is 5.98. The largest absolute Gasteiger partial charge is 0.349 e. The summed E-state index contributed by atoms with van der Waals surface area (Å²) in [6.45, 7) is 5.11. The van der Waals surface area contributed by atoms with Gasteiger partial charge in [-0.1, -0.05) is 48.5 Å². The zero-order valence-corrected chi connectivity index (χ0v) is 18.1. The molecule has 3 amide bonds. The van der Waals surface area contributed by atoms with Crippen molar-refractivity contribution in [1.29, 1.82) is 0 Å². The van der Waals surface area contributed by atoms with Gasteiger partial charge in [-0.3, -0.25) is 4.79 Å². The maximum atomic E-state index is 12.9. The fourth-order valence-electron chi connectivity index (χ4n) is 4.19. The number of aryl methyl sites for hydroxylation is 1. The Morgan fingerprint density at radius 1 is 1.00 bits per heavy atom. The summed E-state index contributed by atoms with van der Waals surface area (Å²) in [5.41, 5.74) is 2.95. The van der Waals surface area contributed by atoms with Crippen molar-refractivity contribution < 1.29 is 9.59 Å². The Morgan fingerprint density at radius 2 is 1.81 bits per heavy atom. The molecule has 160 valence electrons. The van der Waals surface area contributed by atoms with Gasteiger partial charge in [0.15, 0.2) is 0 Å². The van der Waals surface area contributed by atoms with E-state index in [1.54, 1.807) is 4.90 Å². The molecule has 0 unspecified atom stereocenters. The number of nitrogens with one attached hydrogen (secondary N) is 2. The lowest BCUT2D eigenvalue weighted by molar-refractivity contribution is -0.126. The standard InChI is InChI=1S/C26H29N3O2/c1-18-7-5-11-24(15-18)28-26(31)29-14-6-10-23(17-29)25(30)27-19(2)21-13-12-20-8-3-4-9-22(20)16-21/h3-5,7-9,11-13,15-16,19,23H,6,10,14,17H2,1-2H3,(H,27,30)(H,28,31)/t19-,23-/m1/s1. The van der Waals surface area contributed by atoms with Crippen LogP contribution < -0.4 is 10.6 Å². The van der Waals surface area contributed by atoms with E-state index in [0.717, 1.165) is 35.0 Å². The number of carbonyl (C=O) groups excluding carboxylic acids is 2. The molecule has 0 spiro atoms. The number of likely N-dealkylation sites (tertiary alicyclic amines) is 1. The molecule has 31 heavy (non-hydrogen) atoms. The molecule has 1 aliphatic rings. The monoisotopic (exact) mass is 415 g/mol. The van der Waals surface area contributed by atoms with Crippen LogP contribution in [-0.2, 0) is 4.79 Å². The maximum Gasteiger partial charge on any atom is 0.321 e. The van der Waals surface area contributed by atoms with E-state index >= 15 is 0 Å². The number of carbonyl (C=O) groups is 2. The van der Waals surface area contributed by atoms with Crippen molar-refractivity contribution in [3.63, 3.8) is 0 Å². The summed E-state index contributed by atoms with van der Waals surface area (Å²) < 4.78 is 0. The van der Waals surface area contributed by atoms with Gasteiger partial charge >= 0.3 is 6.03 Å². The number of anilines is 1. The van der Waals surface area contributed by atoms with E-state index in [9.17, 15) is 9.59 Å². The van der Waals surface area contributed by atoms with Gasteiger partial charge in [-0.2, -0.15) is 0 Å². The molecule has 3 aromatic rings. The van der Waals surface area contributed by atoms with E-state index in [2.05, 4.69) is 41.0 Å². The Labute approximate surface area is 183 Å². The Bertz CT molecular complexity index is 1090. The molecule has 5 heteroatoms. The molecule has 4 rings (SSSR count). The van der Waals surface area contributed by atoms with Crippen LogP contribution in [0.4, 0.5) is 10.5 Å². The molecule has 2 atom stereocenters. The van der Waals surface area contributed by atoms with Crippen molar-refractivity contribution in [1.82, 2.24) is 10.2 Å². The fourth-order valence-corrected chi connectivity index (χ4v) is 4.19. The highest BCUT2D eigenvalue weighted by Gasteiger charge is 2.29. The second-order valence-corrected chi connectivity index (χ2v) is 8.42. The van der Waals surface area contributed by atoms with E-state index in [-0.39, 0.29) is 23.9 Å². The summed E-state index contributed by atoms with van der Waals surface area (Å²) in [7, 11) is 0. The van der Waals surface area contributed by atoms with Crippen LogP contribution >= 0.6 is 0 Å².